The lowest BCUT2D eigenvalue weighted by atomic mass is 10.0. The molecule has 6 nitrogen and oxygen atoms in total. The molecule has 2 atom stereocenters. The fourth-order valence-corrected chi connectivity index (χ4v) is 11.8. The van der Waals surface area contributed by atoms with Gasteiger partial charge in [0.1, 0.15) is 0 Å². The molecule has 0 rings (SSSR count). The van der Waals surface area contributed by atoms with Gasteiger partial charge in [-0.15, -0.1) is 0 Å². The van der Waals surface area contributed by atoms with Crippen LogP contribution in [0.25, 0.3) is 0 Å². The van der Waals surface area contributed by atoms with Gasteiger partial charge < -0.3 is 20.3 Å². The molecular weight excluding hydrogens is 971 g/mol. The summed E-state index contributed by atoms with van der Waals surface area (Å²) < 4.78 is 5.50. The zero-order chi connectivity index (χ0) is 57.1. The molecule has 6 heteroatoms. The molecule has 1 amide bonds. The van der Waals surface area contributed by atoms with E-state index in [1.807, 2.05) is 0 Å². The first-order chi connectivity index (χ1) is 39.0. The smallest absolute Gasteiger partial charge is 0.305 e. The molecule has 0 heterocycles. The van der Waals surface area contributed by atoms with Gasteiger partial charge in [0.05, 0.1) is 25.4 Å². The van der Waals surface area contributed by atoms with Crippen molar-refractivity contribution in [2.45, 2.75) is 431 Å². The Balaban J connectivity index is 3.40. The third kappa shape index (κ3) is 65.6. The van der Waals surface area contributed by atoms with Gasteiger partial charge >= 0.3 is 5.97 Å². The van der Waals surface area contributed by atoms with Crippen LogP contribution >= 0.6 is 0 Å². The summed E-state index contributed by atoms with van der Waals surface area (Å²) in [5.74, 6) is -0.0263. The van der Waals surface area contributed by atoms with Gasteiger partial charge in [-0.25, -0.2) is 0 Å². The summed E-state index contributed by atoms with van der Waals surface area (Å²) in [6.07, 6.45) is 85.5. The maximum Gasteiger partial charge on any atom is 0.305 e. The number of rotatable bonds is 69. The Morgan fingerprint density at radius 2 is 0.595 bits per heavy atom. The molecule has 0 fully saturated rings. The first-order valence-corrected chi connectivity index (χ1v) is 36.4. The Morgan fingerprint density at radius 1 is 0.342 bits per heavy atom. The van der Waals surface area contributed by atoms with Crippen LogP contribution < -0.4 is 5.32 Å². The quantitative estimate of drug-likeness (QED) is 0.0320. The first kappa shape index (κ1) is 77.6. The molecule has 470 valence electrons. The molecule has 0 aromatic rings. The third-order valence-electron chi connectivity index (χ3n) is 17.3. The van der Waals surface area contributed by atoms with Gasteiger partial charge in [0.25, 0.3) is 0 Å². The van der Waals surface area contributed by atoms with Crippen molar-refractivity contribution in [2.24, 2.45) is 0 Å². The van der Waals surface area contributed by atoms with Crippen molar-refractivity contribution >= 4 is 11.9 Å². The number of aliphatic hydroxyl groups excluding tert-OH is 2. The first-order valence-electron chi connectivity index (χ1n) is 36.4. The number of unbranched alkanes of at least 4 members (excludes halogenated alkanes) is 56. The second-order valence-electron chi connectivity index (χ2n) is 25.3. The lowest BCUT2D eigenvalue weighted by Gasteiger charge is -2.22. The van der Waals surface area contributed by atoms with Crippen LogP contribution in [-0.2, 0) is 14.3 Å². The number of hydrogen-bond donors (Lipinski definition) is 3. The molecule has 79 heavy (non-hydrogen) atoms. The van der Waals surface area contributed by atoms with Crippen LogP contribution in [-0.4, -0.2) is 47.4 Å². The summed E-state index contributed by atoms with van der Waals surface area (Å²) in [7, 11) is 0. The van der Waals surface area contributed by atoms with Gasteiger partial charge in [0.15, 0.2) is 0 Å². The SMILES string of the molecule is CCCCCCCCCCCCCCCCCCCCCCCCCCCC(O)C(CO)NC(=O)CCCCCCCCC/C=C\CCCCCCCCCCCOC(=O)CCCCCCCCCCCCCCCCCCC. The van der Waals surface area contributed by atoms with E-state index < -0.39 is 12.1 Å². The minimum absolute atomic E-state index is 0.0117. The van der Waals surface area contributed by atoms with E-state index in [9.17, 15) is 19.8 Å². The third-order valence-corrected chi connectivity index (χ3v) is 17.3. The molecular formula is C73H143NO5. The molecule has 0 saturated carbocycles. The van der Waals surface area contributed by atoms with E-state index in [1.165, 1.54) is 347 Å². The Hall–Kier alpha value is -1.40. The van der Waals surface area contributed by atoms with E-state index in [4.69, 9.17) is 4.74 Å². The van der Waals surface area contributed by atoms with E-state index >= 15 is 0 Å². The lowest BCUT2D eigenvalue weighted by molar-refractivity contribution is -0.143. The van der Waals surface area contributed by atoms with E-state index in [0.717, 1.165) is 38.5 Å². The maximum absolute atomic E-state index is 12.6. The van der Waals surface area contributed by atoms with Crippen LogP contribution in [0, 0.1) is 0 Å². The van der Waals surface area contributed by atoms with E-state index in [2.05, 4.69) is 31.3 Å². The van der Waals surface area contributed by atoms with Gasteiger partial charge in [-0.2, -0.15) is 0 Å². The van der Waals surface area contributed by atoms with Crippen molar-refractivity contribution in [3.8, 4) is 0 Å². The summed E-state index contributed by atoms with van der Waals surface area (Å²) in [4.78, 5) is 24.7. The lowest BCUT2D eigenvalue weighted by Crippen LogP contribution is -2.45. The van der Waals surface area contributed by atoms with Crippen LogP contribution in [0.1, 0.15) is 418 Å². The summed E-state index contributed by atoms with van der Waals surface area (Å²) in [6.45, 7) is 4.99. The molecule has 0 saturated heterocycles. The van der Waals surface area contributed by atoms with Gasteiger partial charge in [-0.3, -0.25) is 9.59 Å². The number of carbonyl (C=O) groups is 2. The molecule has 2 unspecified atom stereocenters. The van der Waals surface area contributed by atoms with E-state index in [0.29, 0.717) is 25.9 Å². The Labute approximate surface area is 495 Å². The largest absolute Gasteiger partial charge is 0.466 e. The number of carbonyl (C=O) groups excluding carboxylic acids is 2. The molecule has 0 aliphatic carbocycles. The Bertz CT molecular complexity index is 1190. The molecule has 0 aliphatic rings. The van der Waals surface area contributed by atoms with Crippen molar-refractivity contribution in [3.05, 3.63) is 12.2 Å². The number of nitrogens with one attached hydrogen (secondary N) is 1. The highest BCUT2D eigenvalue weighted by Crippen LogP contribution is 2.19. The molecule has 0 aliphatic heterocycles. The Kier molecular flexibility index (Phi) is 67.9. The molecule has 0 aromatic heterocycles. The molecule has 0 radical (unpaired) electrons. The zero-order valence-electron chi connectivity index (χ0n) is 53.9. The standard InChI is InChI=1S/C73H143NO5/c1-3-5-7-9-11-13-15-17-19-21-22-23-24-25-26-27-30-34-37-41-45-49-53-57-61-65-71(76)70(69-75)74-72(77)66-62-58-54-50-46-42-38-35-31-28-29-32-36-40-44-48-52-56-60-64-68-79-73(78)67-63-59-55-51-47-43-39-33-20-18-16-14-12-10-8-6-4-2/h28,31,70-71,75-76H,3-27,29-30,32-69H2,1-2H3,(H,74,77)/b31-28-. The van der Waals surface area contributed by atoms with Crippen molar-refractivity contribution in [3.63, 3.8) is 0 Å². The van der Waals surface area contributed by atoms with Crippen LogP contribution in [0.5, 0.6) is 0 Å². The molecule has 0 aromatic carbocycles. The van der Waals surface area contributed by atoms with Crippen molar-refractivity contribution < 1.29 is 24.5 Å². The van der Waals surface area contributed by atoms with E-state index in [1.54, 1.807) is 0 Å². The average molecular weight is 1110 g/mol. The van der Waals surface area contributed by atoms with Gasteiger partial charge in [-0.1, -0.05) is 366 Å². The monoisotopic (exact) mass is 1110 g/mol. The van der Waals surface area contributed by atoms with Crippen LogP contribution in [0.4, 0.5) is 0 Å². The van der Waals surface area contributed by atoms with Crippen LogP contribution in [0.3, 0.4) is 0 Å². The average Bonchev–Trinajstić information content (AvgIpc) is 3.45. The summed E-state index contributed by atoms with van der Waals surface area (Å²) in [5.41, 5.74) is 0. The summed E-state index contributed by atoms with van der Waals surface area (Å²) in [6, 6.07) is -0.549. The number of hydrogen-bond acceptors (Lipinski definition) is 5. The molecule has 3 N–H and O–H groups in total. The fourth-order valence-electron chi connectivity index (χ4n) is 11.8. The number of ether oxygens (including phenoxy) is 1. The predicted molar refractivity (Wildman–Crippen MR) is 347 cm³/mol. The minimum Gasteiger partial charge on any atom is -0.466 e. The Morgan fingerprint density at radius 3 is 0.899 bits per heavy atom. The van der Waals surface area contributed by atoms with Crippen LogP contribution in [0.15, 0.2) is 12.2 Å². The van der Waals surface area contributed by atoms with Gasteiger partial charge in [0.2, 0.25) is 5.91 Å². The fraction of sp³-hybridized carbons (Fsp3) is 0.945. The number of amides is 1. The second kappa shape index (κ2) is 69.1. The highest BCUT2D eigenvalue weighted by atomic mass is 16.5. The van der Waals surface area contributed by atoms with Crippen molar-refractivity contribution in [2.75, 3.05) is 13.2 Å². The molecule has 0 bridgehead atoms. The molecule has 0 spiro atoms. The van der Waals surface area contributed by atoms with Crippen molar-refractivity contribution in [1.29, 1.82) is 0 Å². The minimum atomic E-state index is -0.671. The van der Waals surface area contributed by atoms with Gasteiger partial charge in [0, 0.05) is 12.8 Å². The highest BCUT2D eigenvalue weighted by molar-refractivity contribution is 5.76. The number of esters is 1. The van der Waals surface area contributed by atoms with Crippen LogP contribution in [0.2, 0.25) is 0 Å². The summed E-state index contributed by atoms with van der Waals surface area (Å²) in [5, 5.41) is 23.4. The zero-order valence-corrected chi connectivity index (χ0v) is 53.9. The predicted octanol–water partition coefficient (Wildman–Crippen LogP) is 23.5. The number of aliphatic hydroxyl groups is 2. The summed E-state index contributed by atoms with van der Waals surface area (Å²) >= 11 is 0. The second-order valence-corrected chi connectivity index (χ2v) is 25.3. The van der Waals surface area contributed by atoms with E-state index in [-0.39, 0.29) is 18.5 Å². The highest BCUT2D eigenvalue weighted by Gasteiger charge is 2.20. The van der Waals surface area contributed by atoms with Gasteiger partial charge in [-0.05, 0) is 51.4 Å². The normalized spacial score (nSPS) is 12.5. The maximum atomic E-state index is 12.6. The number of allylic oxidation sites excluding steroid dienone is 2. The van der Waals surface area contributed by atoms with Crippen molar-refractivity contribution in [1.82, 2.24) is 5.32 Å². The topological polar surface area (TPSA) is 95.9 Å².